The predicted molar refractivity (Wildman–Crippen MR) is 73.6 cm³/mol. The number of anilines is 3. The summed E-state index contributed by atoms with van der Waals surface area (Å²) in [4.78, 5) is 8.07. The minimum absolute atomic E-state index is 0.00643. The second kappa shape index (κ2) is 4.73. The highest BCUT2D eigenvalue weighted by atomic mass is 19.1. The SMILES string of the molecule is Nc1nc(Nc2ccccc2F)nc2cccc(F)c12. The van der Waals surface area contributed by atoms with Gasteiger partial charge in [-0.2, -0.15) is 4.98 Å². The van der Waals surface area contributed by atoms with Gasteiger partial charge in [-0.15, -0.1) is 0 Å². The van der Waals surface area contributed by atoms with Gasteiger partial charge in [0.1, 0.15) is 17.5 Å². The number of nitrogens with one attached hydrogen (secondary N) is 1. The number of rotatable bonds is 2. The maximum absolute atomic E-state index is 13.6. The minimum Gasteiger partial charge on any atom is -0.383 e. The lowest BCUT2D eigenvalue weighted by molar-refractivity contribution is 0.631. The molecule has 100 valence electrons. The van der Waals surface area contributed by atoms with E-state index in [2.05, 4.69) is 15.3 Å². The largest absolute Gasteiger partial charge is 0.383 e. The van der Waals surface area contributed by atoms with Crippen LogP contribution >= 0.6 is 0 Å². The molecule has 0 fully saturated rings. The molecule has 20 heavy (non-hydrogen) atoms. The van der Waals surface area contributed by atoms with Crippen LogP contribution in [0, 0.1) is 11.6 Å². The molecule has 0 aliphatic carbocycles. The average Bonchev–Trinajstić information content (AvgIpc) is 2.41. The summed E-state index contributed by atoms with van der Waals surface area (Å²) in [5.41, 5.74) is 6.31. The van der Waals surface area contributed by atoms with Gasteiger partial charge >= 0.3 is 0 Å². The molecule has 3 rings (SSSR count). The van der Waals surface area contributed by atoms with Gasteiger partial charge in [0.05, 0.1) is 16.6 Å². The number of hydrogen-bond donors (Lipinski definition) is 2. The monoisotopic (exact) mass is 272 g/mol. The van der Waals surface area contributed by atoms with E-state index in [1.54, 1.807) is 24.3 Å². The fourth-order valence-corrected chi connectivity index (χ4v) is 1.91. The second-order valence-corrected chi connectivity index (χ2v) is 4.17. The van der Waals surface area contributed by atoms with E-state index < -0.39 is 11.6 Å². The molecular formula is C14H10F2N4. The Bertz CT molecular complexity index is 789. The molecular weight excluding hydrogens is 262 g/mol. The van der Waals surface area contributed by atoms with Crippen LogP contribution < -0.4 is 11.1 Å². The van der Waals surface area contributed by atoms with Crippen molar-refractivity contribution < 1.29 is 8.78 Å². The first kappa shape index (κ1) is 12.3. The first-order valence-electron chi connectivity index (χ1n) is 5.88. The fraction of sp³-hybridized carbons (Fsp3) is 0. The third-order valence-corrected chi connectivity index (χ3v) is 2.82. The van der Waals surface area contributed by atoms with Crippen molar-refractivity contribution in [1.82, 2.24) is 9.97 Å². The van der Waals surface area contributed by atoms with Crippen molar-refractivity contribution in [3.8, 4) is 0 Å². The van der Waals surface area contributed by atoms with Gasteiger partial charge in [-0.25, -0.2) is 13.8 Å². The van der Waals surface area contributed by atoms with Gasteiger partial charge in [-0.3, -0.25) is 0 Å². The summed E-state index contributed by atoms with van der Waals surface area (Å²) >= 11 is 0. The topological polar surface area (TPSA) is 63.8 Å². The van der Waals surface area contributed by atoms with E-state index in [1.165, 1.54) is 18.2 Å². The highest BCUT2D eigenvalue weighted by Crippen LogP contribution is 2.24. The summed E-state index contributed by atoms with van der Waals surface area (Å²) < 4.78 is 27.2. The smallest absolute Gasteiger partial charge is 0.229 e. The molecule has 0 radical (unpaired) electrons. The Kier molecular flexibility index (Phi) is 2.90. The third kappa shape index (κ3) is 2.11. The highest BCUT2D eigenvalue weighted by Gasteiger charge is 2.10. The zero-order valence-electron chi connectivity index (χ0n) is 10.3. The van der Waals surface area contributed by atoms with Gasteiger partial charge < -0.3 is 11.1 Å². The summed E-state index contributed by atoms with van der Waals surface area (Å²) in [6.07, 6.45) is 0. The number of nitrogens with zero attached hydrogens (tertiary/aromatic N) is 2. The lowest BCUT2D eigenvalue weighted by Crippen LogP contribution is -2.03. The number of halogens is 2. The van der Waals surface area contributed by atoms with Crippen LogP contribution in [-0.4, -0.2) is 9.97 Å². The first-order valence-corrected chi connectivity index (χ1v) is 5.88. The lowest BCUT2D eigenvalue weighted by Gasteiger charge is -2.08. The number of hydrogen-bond acceptors (Lipinski definition) is 4. The molecule has 1 heterocycles. The zero-order chi connectivity index (χ0) is 14.1. The summed E-state index contributed by atoms with van der Waals surface area (Å²) in [5.74, 6) is -0.802. The van der Waals surface area contributed by atoms with Crippen molar-refractivity contribution in [1.29, 1.82) is 0 Å². The standard InChI is InChI=1S/C14H10F2N4/c15-8-4-1-2-6-10(8)18-14-19-11-7-3-5-9(16)12(11)13(17)20-14/h1-7H,(H3,17,18,19,20). The van der Waals surface area contributed by atoms with Crippen LogP contribution in [0.2, 0.25) is 0 Å². The molecule has 0 saturated carbocycles. The minimum atomic E-state index is -0.488. The van der Waals surface area contributed by atoms with Crippen LogP contribution in [0.25, 0.3) is 10.9 Å². The van der Waals surface area contributed by atoms with Gasteiger partial charge in [0, 0.05) is 0 Å². The van der Waals surface area contributed by atoms with Crippen LogP contribution in [0.3, 0.4) is 0 Å². The number of aromatic nitrogens is 2. The fourth-order valence-electron chi connectivity index (χ4n) is 1.91. The molecule has 3 N–H and O–H groups in total. The second-order valence-electron chi connectivity index (χ2n) is 4.17. The van der Waals surface area contributed by atoms with Crippen molar-refractivity contribution in [2.45, 2.75) is 0 Å². The van der Waals surface area contributed by atoms with E-state index >= 15 is 0 Å². The van der Waals surface area contributed by atoms with Crippen molar-refractivity contribution in [3.05, 3.63) is 54.1 Å². The summed E-state index contributed by atoms with van der Waals surface area (Å²) in [6, 6.07) is 10.5. The maximum Gasteiger partial charge on any atom is 0.229 e. The van der Waals surface area contributed by atoms with Crippen molar-refractivity contribution >= 4 is 28.4 Å². The molecule has 2 aromatic carbocycles. The molecule has 6 heteroatoms. The summed E-state index contributed by atoms with van der Waals surface area (Å²) in [6.45, 7) is 0. The van der Waals surface area contributed by atoms with E-state index in [4.69, 9.17) is 5.73 Å². The van der Waals surface area contributed by atoms with Gasteiger partial charge in [-0.05, 0) is 24.3 Å². The Morgan fingerprint density at radius 1 is 0.900 bits per heavy atom. The van der Waals surface area contributed by atoms with Gasteiger partial charge in [0.25, 0.3) is 0 Å². The number of nitrogen functional groups attached to an aromatic ring is 1. The summed E-state index contributed by atoms with van der Waals surface area (Å²) in [7, 11) is 0. The molecule has 0 unspecified atom stereocenters. The number of nitrogens with two attached hydrogens (primary N) is 1. The van der Waals surface area contributed by atoms with Gasteiger partial charge in [0.2, 0.25) is 5.95 Å². The number of para-hydroxylation sites is 1. The Hall–Kier alpha value is -2.76. The van der Waals surface area contributed by atoms with E-state index in [-0.39, 0.29) is 22.8 Å². The highest BCUT2D eigenvalue weighted by molar-refractivity contribution is 5.89. The molecule has 0 atom stereocenters. The quantitative estimate of drug-likeness (QED) is 0.751. The van der Waals surface area contributed by atoms with E-state index in [1.807, 2.05) is 0 Å². The van der Waals surface area contributed by atoms with Crippen LogP contribution in [-0.2, 0) is 0 Å². The molecule has 0 aliphatic rings. The Balaban J connectivity index is 2.08. The zero-order valence-corrected chi connectivity index (χ0v) is 10.3. The number of fused-ring (bicyclic) bond motifs is 1. The van der Waals surface area contributed by atoms with Crippen LogP contribution in [0.1, 0.15) is 0 Å². The molecule has 0 aliphatic heterocycles. The van der Waals surface area contributed by atoms with Crippen LogP contribution in [0.5, 0.6) is 0 Å². The molecule has 4 nitrogen and oxygen atoms in total. The normalized spacial score (nSPS) is 10.7. The van der Waals surface area contributed by atoms with E-state index in [0.717, 1.165) is 0 Å². The molecule has 0 bridgehead atoms. The molecule has 0 amide bonds. The summed E-state index contributed by atoms with van der Waals surface area (Å²) in [5, 5.41) is 2.88. The number of benzene rings is 2. The van der Waals surface area contributed by atoms with Gasteiger partial charge in [-0.1, -0.05) is 18.2 Å². The Morgan fingerprint density at radius 2 is 1.65 bits per heavy atom. The molecule has 0 saturated heterocycles. The maximum atomic E-state index is 13.6. The van der Waals surface area contributed by atoms with Crippen molar-refractivity contribution in [3.63, 3.8) is 0 Å². The van der Waals surface area contributed by atoms with Crippen LogP contribution in [0.15, 0.2) is 42.5 Å². The van der Waals surface area contributed by atoms with Gasteiger partial charge in [0.15, 0.2) is 0 Å². The molecule has 3 aromatic rings. The Morgan fingerprint density at radius 3 is 2.45 bits per heavy atom. The average molecular weight is 272 g/mol. The van der Waals surface area contributed by atoms with Crippen LogP contribution in [0.4, 0.5) is 26.2 Å². The first-order chi connectivity index (χ1) is 9.65. The van der Waals surface area contributed by atoms with E-state index in [0.29, 0.717) is 5.52 Å². The van der Waals surface area contributed by atoms with Crippen molar-refractivity contribution in [2.24, 2.45) is 0 Å². The lowest BCUT2D eigenvalue weighted by atomic mass is 10.2. The van der Waals surface area contributed by atoms with Crippen molar-refractivity contribution in [2.75, 3.05) is 11.1 Å². The Labute approximate surface area is 113 Å². The third-order valence-electron chi connectivity index (χ3n) is 2.82. The predicted octanol–water partition coefficient (Wildman–Crippen LogP) is 3.23. The molecule has 1 aromatic heterocycles. The molecule has 0 spiro atoms. The van der Waals surface area contributed by atoms with E-state index in [9.17, 15) is 8.78 Å².